The van der Waals surface area contributed by atoms with Crippen LogP contribution in [0.1, 0.15) is 23.6 Å². The lowest BCUT2D eigenvalue weighted by atomic mass is 9.82. The molecule has 9 aromatic rings. The molecule has 0 radical (unpaired) electrons. The molecular formula is C46H31N3O. The molecule has 0 aliphatic heterocycles. The molecule has 4 nitrogen and oxygen atoms in total. The molecule has 2 heterocycles. The summed E-state index contributed by atoms with van der Waals surface area (Å²) in [7, 11) is 0. The van der Waals surface area contributed by atoms with Crippen LogP contribution in [-0.4, -0.2) is 15.0 Å². The van der Waals surface area contributed by atoms with Gasteiger partial charge in [0.1, 0.15) is 11.2 Å². The Morgan fingerprint density at radius 1 is 0.500 bits per heavy atom. The minimum absolute atomic E-state index is 0.449. The summed E-state index contributed by atoms with van der Waals surface area (Å²) >= 11 is 0. The number of hydrogen-bond acceptors (Lipinski definition) is 4. The fourth-order valence-corrected chi connectivity index (χ4v) is 7.74. The summed E-state index contributed by atoms with van der Waals surface area (Å²) in [5.41, 5.74) is 9.55. The van der Waals surface area contributed by atoms with E-state index in [0.717, 1.165) is 55.8 Å². The maximum Gasteiger partial charge on any atom is 0.164 e. The number of nitrogens with zero attached hydrogens (tertiary/aromatic N) is 3. The fraction of sp³-hybridized carbons (Fsp3) is 0.0652. The zero-order valence-corrected chi connectivity index (χ0v) is 27.5. The minimum Gasteiger partial charge on any atom is -0.456 e. The van der Waals surface area contributed by atoms with E-state index in [-0.39, 0.29) is 0 Å². The van der Waals surface area contributed by atoms with Crippen LogP contribution in [-0.2, 0) is 6.42 Å². The topological polar surface area (TPSA) is 51.8 Å². The summed E-state index contributed by atoms with van der Waals surface area (Å²) < 4.78 is 6.30. The zero-order chi connectivity index (χ0) is 33.2. The number of hydrogen-bond donors (Lipinski definition) is 0. The van der Waals surface area contributed by atoms with E-state index in [1.54, 1.807) is 0 Å². The molecule has 0 bridgehead atoms. The van der Waals surface area contributed by atoms with Crippen LogP contribution in [0.5, 0.6) is 0 Å². The highest BCUT2D eigenvalue weighted by atomic mass is 16.3. The van der Waals surface area contributed by atoms with Gasteiger partial charge in [0.05, 0.1) is 0 Å². The first-order valence-corrected chi connectivity index (χ1v) is 17.2. The third kappa shape index (κ3) is 4.64. The van der Waals surface area contributed by atoms with Crippen molar-refractivity contribution in [1.29, 1.82) is 0 Å². The number of aromatic nitrogens is 3. The zero-order valence-electron chi connectivity index (χ0n) is 27.5. The van der Waals surface area contributed by atoms with Crippen LogP contribution in [0.3, 0.4) is 0 Å². The van der Waals surface area contributed by atoms with Gasteiger partial charge < -0.3 is 4.42 Å². The Hall–Kier alpha value is -6.39. The average molecular weight is 642 g/mol. The number of fused-ring (bicyclic) bond motifs is 7. The number of furan rings is 1. The van der Waals surface area contributed by atoms with Gasteiger partial charge in [-0.05, 0) is 80.4 Å². The van der Waals surface area contributed by atoms with Crippen LogP contribution in [0.4, 0.5) is 0 Å². The van der Waals surface area contributed by atoms with Crippen molar-refractivity contribution in [2.24, 2.45) is 5.92 Å². The Balaban J connectivity index is 1.25. The van der Waals surface area contributed by atoms with Crippen LogP contribution in [0.25, 0.3) is 83.2 Å². The van der Waals surface area contributed by atoms with Gasteiger partial charge >= 0.3 is 0 Å². The van der Waals surface area contributed by atoms with Crippen molar-refractivity contribution in [3.8, 4) is 34.2 Å². The summed E-state index contributed by atoms with van der Waals surface area (Å²) in [6, 6.07) is 51.0. The maximum absolute atomic E-state index is 6.30. The van der Waals surface area contributed by atoms with E-state index in [0.29, 0.717) is 23.4 Å². The standard InChI is InChI=1S/C46H31N3O/c1-28-24-31-22-23-32(27-39(31)38(25-28)29-12-3-2-4-13-29)44-47-45(37-19-11-21-42-43(37)36-18-9-10-20-41(36)50-42)49-46(48-44)40-26-30-14-5-6-15-33(30)34-16-7-8-17-35(34)40/h2-23,25-28H,24H2,1H3. The van der Waals surface area contributed by atoms with Crippen LogP contribution in [0.15, 0.2) is 156 Å². The molecule has 10 rings (SSSR count). The Labute approximate surface area is 289 Å². The fourth-order valence-electron chi connectivity index (χ4n) is 7.74. The first-order valence-electron chi connectivity index (χ1n) is 17.2. The summed E-state index contributed by atoms with van der Waals surface area (Å²) in [5, 5.41) is 6.68. The highest BCUT2D eigenvalue weighted by Gasteiger charge is 2.22. The Morgan fingerprint density at radius 3 is 2.04 bits per heavy atom. The summed E-state index contributed by atoms with van der Waals surface area (Å²) in [6.07, 6.45) is 3.40. The van der Waals surface area contributed by atoms with Crippen LogP contribution < -0.4 is 0 Å². The highest BCUT2D eigenvalue weighted by Crippen LogP contribution is 2.40. The van der Waals surface area contributed by atoms with Gasteiger partial charge in [0.15, 0.2) is 17.5 Å². The van der Waals surface area contributed by atoms with Gasteiger partial charge in [0, 0.05) is 27.5 Å². The van der Waals surface area contributed by atoms with Gasteiger partial charge in [-0.1, -0.05) is 134 Å². The Kier molecular flexibility index (Phi) is 6.50. The number of para-hydroxylation sites is 1. The van der Waals surface area contributed by atoms with Crippen molar-refractivity contribution >= 4 is 49.1 Å². The first kappa shape index (κ1) is 28.6. The number of rotatable bonds is 4. The second-order valence-corrected chi connectivity index (χ2v) is 13.3. The van der Waals surface area contributed by atoms with Gasteiger partial charge in [-0.25, -0.2) is 15.0 Å². The van der Waals surface area contributed by atoms with E-state index in [2.05, 4.69) is 128 Å². The molecule has 0 fully saturated rings. The maximum atomic E-state index is 6.30. The molecule has 1 aliphatic carbocycles. The lowest BCUT2D eigenvalue weighted by Gasteiger charge is -2.23. The van der Waals surface area contributed by atoms with Gasteiger partial charge in [-0.3, -0.25) is 0 Å². The summed E-state index contributed by atoms with van der Waals surface area (Å²) in [6.45, 7) is 2.29. The lowest BCUT2D eigenvalue weighted by Crippen LogP contribution is -2.09. The van der Waals surface area contributed by atoms with E-state index < -0.39 is 0 Å². The van der Waals surface area contributed by atoms with Gasteiger partial charge in [0.2, 0.25) is 0 Å². The van der Waals surface area contributed by atoms with Crippen LogP contribution in [0.2, 0.25) is 0 Å². The summed E-state index contributed by atoms with van der Waals surface area (Å²) in [4.78, 5) is 15.8. The molecule has 0 saturated carbocycles. The van der Waals surface area contributed by atoms with E-state index in [1.165, 1.54) is 33.0 Å². The van der Waals surface area contributed by atoms with Crippen LogP contribution in [0, 0.1) is 5.92 Å². The van der Waals surface area contributed by atoms with E-state index in [9.17, 15) is 0 Å². The van der Waals surface area contributed by atoms with E-state index in [1.807, 2.05) is 30.3 Å². The molecule has 1 aliphatic rings. The second-order valence-electron chi connectivity index (χ2n) is 13.3. The molecule has 2 aromatic heterocycles. The van der Waals surface area contributed by atoms with Gasteiger partial charge in [-0.2, -0.15) is 0 Å². The highest BCUT2D eigenvalue weighted by molar-refractivity contribution is 6.14. The number of allylic oxidation sites excluding steroid dienone is 1. The molecule has 236 valence electrons. The Morgan fingerprint density at radius 2 is 1.18 bits per heavy atom. The average Bonchev–Trinajstić information content (AvgIpc) is 3.56. The van der Waals surface area contributed by atoms with Crippen molar-refractivity contribution in [3.05, 3.63) is 168 Å². The largest absolute Gasteiger partial charge is 0.456 e. The second kappa shape index (κ2) is 11.4. The smallest absolute Gasteiger partial charge is 0.164 e. The monoisotopic (exact) mass is 641 g/mol. The minimum atomic E-state index is 0.449. The third-order valence-electron chi connectivity index (χ3n) is 10.0. The molecule has 0 spiro atoms. The van der Waals surface area contributed by atoms with Crippen molar-refractivity contribution in [2.75, 3.05) is 0 Å². The molecule has 4 heteroatoms. The molecule has 0 saturated heterocycles. The molecular weight excluding hydrogens is 611 g/mol. The number of benzene rings is 7. The first-order chi connectivity index (χ1) is 24.7. The van der Waals surface area contributed by atoms with Crippen LogP contribution >= 0.6 is 0 Å². The predicted molar refractivity (Wildman–Crippen MR) is 205 cm³/mol. The third-order valence-corrected chi connectivity index (χ3v) is 10.0. The normalized spacial score (nSPS) is 14.3. The SMILES string of the molecule is CC1C=C(c2ccccc2)c2cc(-c3nc(-c4cc5ccccc5c5ccccc45)nc(-c4cccc5oc6ccccc6c45)n3)ccc2C1. The molecule has 7 aromatic carbocycles. The van der Waals surface area contributed by atoms with Gasteiger partial charge in [0.25, 0.3) is 0 Å². The van der Waals surface area contributed by atoms with E-state index >= 15 is 0 Å². The molecule has 50 heavy (non-hydrogen) atoms. The van der Waals surface area contributed by atoms with Crippen molar-refractivity contribution in [2.45, 2.75) is 13.3 Å². The van der Waals surface area contributed by atoms with E-state index in [4.69, 9.17) is 19.4 Å². The summed E-state index contributed by atoms with van der Waals surface area (Å²) in [5.74, 6) is 2.35. The van der Waals surface area contributed by atoms with Crippen molar-refractivity contribution in [3.63, 3.8) is 0 Å². The lowest BCUT2D eigenvalue weighted by molar-refractivity contribution is 0.669. The predicted octanol–water partition coefficient (Wildman–Crippen LogP) is 11.7. The van der Waals surface area contributed by atoms with Gasteiger partial charge in [-0.15, -0.1) is 0 Å². The quantitative estimate of drug-likeness (QED) is 0.179. The molecule has 1 atom stereocenters. The Bertz CT molecular complexity index is 2810. The van der Waals surface area contributed by atoms with Crippen molar-refractivity contribution in [1.82, 2.24) is 15.0 Å². The molecule has 0 N–H and O–H groups in total. The molecule has 1 unspecified atom stereocenters. The molecule has 0 amide bonds. The van der Waals surface area contributed by atoms with Crippen molar-refractivity contribution < 1.29 is 4.42 Å².